The molecular weight excluding hydrogens is 434 g/mol. The summed E-state index contributed by atoms with van der Waals surface area (Å²) in [6.07, 6.45) is 1.78. The van der Waals surface area contributed by atoms with Crippen molar-refractivity contribution in [2.24, 2.45) is 0 Å². The van der Waals surface area contributed by atoms with Gasteiger partial charge >= 0.3 is 0 Å². The predicted octanol–water partition coefficient (Wildman–Crippen LogP) is 4.93. The van der Waals surface area contributed by atoms with Gasteiger partial charge in [0, 0.05) is 22.9 Å². The Bertz CT molecular complexity index is 1360. The summed E-state index contributed by atoms with van der Waals surface area (Å²) in [4.78, 5) is 30.4. The van der Waals surface area contributed by atoms with Crippen LogP contribution in [0.3, 0.4) is 0 Å². The highest BCUT2D eigenvalue weighted by Gasteiger charge is 2.10. The van der Waals surface area contributed by atoms with E-state index in [0.29, 0.717) is 28.5 Å². The summed E-state index contributed by atoms with van der Waals surface area (Å²) < 4.78 is 7.22. The molecule has 2 heterocycles. The lowest BCUT2D eigenvalue weighted by Crippen LogP contribution is -2.20. The van der Waals surface area contributed by atoms with E-state index in [4.69, 9.17) is 4.74 Å². The first kappa shape index (κ1) is 22.6. The smallest absolute Gasteiger partial charge is 0.262 e. The Morgan fingerprint density at radius 1 is 1.00 bits per heavy atom. The number of hydrogen-bond acceptors (Lipinski definition) is 5. The number of hydrogen-bond donors (Lipinski definition) is 1. The number of benzene rings is 2. The van der Waals surface area contributed by atoms with E-state index < -0.39 is 0 Å². The minimum absolute atomic E-state index is 0.0791. The third-order valence-corrected chi connectivity index (χ3v) is 6.07. The molecule has 0 fully saturated rings. The first-order valence-corrected chi connectivity index (χ1v) is 11.6. The van der Waals surface area contributed by atoms with Gasteiger partial charge < -0.3 is 10.1 Å². The van der Waals surface area contributed by atoms with Crippen molar-refractivity contribution in [3.63, 3.8) is 0 Å². The van der Waals surface area contributed by atoms with E-state index in [1.807, 2.05) is 69.3 Å². The number of nitrogens with zero attached hydrogens (tertiary/aromatic N) is 2. The summed E-state index contributed by atoms with van der Waals surface area (Å²) in [5.74, 6) is 0.944. The molecule has 0 radical (unpaired) electrons. The van der Waals surface area contributed by atoms with Crippen LogP contribution in [0.1, 0.15) is 22.4 Å². The number of aromatic nitrogens is 2. The van der Waals surface area contributed by atoms with Crippen molar-refractivity contribution >= 4 is 29.0 Å². The standard InChI is InChI=1S/C26H25N3O3S/c1-17-8-9-24-27-20(13-26(31)29(24)14-17)16-33-23-7-5-4-6-22(23)28-25(30)15-32-21-11-18(2)10-19(3)12-21/h4-14H,15-16H2,1-3H3,(H,28,30). The molecule has 2 aromatic heterocycles. The van der Waals surface area contributed by atoms with Gasteiger partial charge in [0.15, 0.2) is 6.61 Å². The minimum Gasteiger partial charge on any atom is -0.484 e. The third-order valence-electron chi connectivity index (χ3n) is 4.96. The van der Waals surface area contributed by atoms with Gasteiger partial charge in [-0.2, -0.15) is 0 Å². The summed E-state index contributed by atoms with van der Waals surface area (Å²) in [6.45, 7) is 5.85. The molecule has 0 spiro atoms. The predicted molar refractivity (Wildman–Crippen MR) is 132 cm³/mol. The highest BCUT2D eigenvalue weighted by Crippen LogP contribution is 2.29. The van der Waals surface area contributed by atoms with E-state index in [1.165, 1.54) is 11.8 Å². The lowest BCUT2D eigenvalue weighted by molar-refractivity contribution is -0.118. The summed E-state index contributed by atoms with van der Waals surface area (Å²) in [5, 5.41) is 2.92. The van der Waals surface area contributed by atoms with Crippen LogP contribution < -0.4 is 15.6 Å². The summed E-state index contributed by atoms with van der Waals surface area (Å²) in [5.41, 5.74) is 5.07. The topological polar surface area (TPSA) is 72.7 Å². The Morgan fingerprint density at radius 3 is 2.55 bits per heavy atom. The number of fused-ring (bicyclic) bond motifs is 1. The molecular formula is C26H25N3O3S. The average molecular weight is 460 g/mol. The Labute approximate surface area is 196 Å². The summed E-state index contributed by atoms with van der Waals surface area (Å²) in [7, 11) is 0. The maximum atomic E-state index is 12.5. The van der Waals surface area contributed by atoms with Gasteiger partial charge in [-0.1, -0.05) is 24.3 Å². The van der Waals surface area contributed by atoms with Crippen molar-refractivity contribution in [3.8, 4) is 5.75 Å². The molecule has 168 valence electrons. The fourth-order valence-corrected chi connectivity index (χ4v) is 4.43. The van der Waals surface area contributed by atoms with Crippen LogP contribution >= 0.6 is 11.8 Å². The summed E-state index contributed by atoms with van der Waals surface area (Å²) in [6, 6.07) is 18.8. The first-order valence-electron chi connectivity index (χ1n) is 10.6. The molecule has 4 rings (SSSR count). The lowest BCUT2D eigenvalue weighted by atomic mass is 10.1. The molecule has 0 bridgehead atoms. The molecule has 1 amide bonds. The zero-order valence-electron chi connectivity index (χ0n) is 18.8. The lowest BCUT2D eigenvalue weighted by Gasteiger charge is -2.12. The second kappa shape index (κ2) is 9.92. The molecule has 6 nitrogen and oxygen atoms in total. The molecule has 0 atom stereocenters. The van der Waals surface area contributed by atoms with E-state index >= 15 is 0 Å². The van der Waals surface area contributed by atoms with Gasteiger partial charge in [-0.05, 0) is 67.8 Å². The van der Waals surface area contributed by atoms with Crippen molar-refractivity contribution in [2.45, 2.75) is 31.4 Å². The van der Waals surface area contributed by atoms with Gasteiger partial charge in [-0.15, -0.1) is 11.8 Å². The van der Waals surface area contributed by atoms with E-state index in [2.05, 4.69) is 16.4 Å². The van der Waals surface area contributed by atoms with E-state index in [0.717, 1.165) is 21.6 Å². The number of aryl methyl sites for hydroxylation is 3. The second-order valence-corrected chi connectivity index (χ2v) is 8.98. The van der Waals surface area contributed by atoms with Gasteiger partial charge in [-0.25, -0.2) is 4.98 Å². The quantitative estimate of drug-likeness (QED) is 0.397. The molecule has 4 aromatic rings. The number of ether oxygens (including phenoxy) is 1. The molecule has 0 saturated heterocycles. The number of amides is 1. The number of anilines is 1. The van der Waals surface area contributed by atoms with Crippen LogP contribution in [0.15, 0.2) is 76.6 Å². The van der Waals surface area contributed by atoms with Crippen LogP contribution in [0.25, 0.3) is 5.65 Å². The number of nitrogens with one attached hydrogen (secondary N) is 1. The maximum absolute atomic E-state index is 12.5. The SMILES string of the molecule is Cc1cc(C)cc(OCC(=O)Nc2ccccc2SCc2cc(=O)n3cc(C)ccc3n2)c1. The molecule has 0 saturated carbocycles. The molecule has 1 N–H and O–H groups in total. The Kier molecular flexibility index (Phi) is 6.79. The molecule has 33 heavy (non-hydrogen) atoms. The van der Waals surface area contributed by atoms with Gasteiger partial charge in [-0.3, -0.25) is 14.0 Å². The Morgan fingerprint density at radius 2 is 1.76 bits per heavy atom. The van der Waals surface area contributed by atoms with Gasteiger partial charge in [0.25, 0.3) is 11.5 Å². The summed E-state index contributed by atoms with van der Waals surface area (Å²) >= 11 is 1.51. The number of pyridine rings is 1. The zero-order valence-corrected chi connectivity index (χ0v) is 19.6. The molecule has 0 aliphatic heterocycles. The van der Waals surface area contributed by atoms with Crippen LogP contribution in [0, 0.1) is 20.8 Å². The van der Waals surface area contributed by atoms with Crippen molar-refractivity contribution < 1.29 is 9.53 Å². The van der Waals surface area contributed by atoms with E-state index in [9.17, 15) is 9.59 Å². The van der Waals surface area contributed by atoms with Crippen molar-refractivity contribution in [1.82, 2.24) is 9.38 Å². The van der Waals surface area contributed by atoms with Crippen molar-refractivity contribution in [1.29, 1.82) is 0 Å². The van der Waals surface area contributed by atoms with E-state index in [1.54, 1.807) is 16.7 Å². The fourth-order valence-electron chi connectivity index (χ4n) is 3.53. The molecule has 0 aliphatic rings. The van der Waals surface area contributed by atoms with Crippen molar-refractivity contribution in [2.75, 3.05) is 11.9 Å². The number of para-hydroxylation sites is 1. The van der Waals surface area contributed by atoms with Gasteiger partial charge in [0.05, 0.1) is 11.4 Å². The number of thioether (sulfide) groups is 1. The minimum atomic E-state index is -0.236. The van der Waals surface area contributed by atoms with Crippen LogP contribution in [-0.2, 0) is 10.5 Å². The highest BCUT2D eigenvalue weighted by molar-refractivity contribution is 7.98. The average Bonchev–Trinajstić information content (AvgIpc) is 2.77. The Balaban J connectivity index is 1.42. The zero-order chi connectivity index (χ0) is 23.4. The van der Waals surface area contributed by atoms with Crippen LogP contribution in [0.2, 0.25) is 0 Å². The molecule has 0 unspecified atom stereocenters. The Hall–Kier alpha value is -3.58. The largest absolute Gasteiger partial charge is 0.484 e. The number of carbonyl (C=O) groups is 1. The van der Waals surface area contributed by atoms with Crippen LogP contribution in [0.4, 0.5) is 5.69 Å². The number of rotatable bonds is 7. The maximum Gasteiger partial charge on any atom is 0.262 e. The van der Waals surface area contributed by atoms with Gasteiger partial charge in [0.1, 0.15) is 11.4 Å². The van der Waals surface area contributed by atoms with Crippen LogP contribution in [0.5, 0.6) is 5.75 Å². The third kappa shape index (κ3) is 5.81. The molecule has 7 heteroatoms. The van der Waals surface area contributed by atoms with Crippen LogP contribution in [-0.4, -0.2) is 21.9 Å². The number of carbonyl (C=O) groups excluding carboxylic acids is 1. The molecule has 2 aromatic carbocycles. The fraction of sp³-hybridized carbons (Fsp3) is 0.192. The van der Waals surface area contributed by atoms with E-state index in [-0.39, 0.29) is 18.1 Å². The van der Waals surface area contributed by atoms with Crippen molar-refractivity contribution in [3.05, 3.63) is 99.6 Å². The second-order valence-electron chi connectivity index (χ2n) is 7.97. The molecule has 0 aliphatic carbocycles. The van der Waals surface area contributed by atoms with Gasteiger partial charge in [0.2, 0.25) is 0 Å². The monoisotopic (exact) mass is 459 g/mol. The normalized spacial score (nSPS) is 10.9. The first-order chi connectivity index (χ1) is 15.9. The highest BCUT2D eigenvalue weighted by atomic mass is 32.2.